The monoisotopic (exact) mass is 439 g/mol. The summed E-state index contributed by atoms with van der Waals surface area (Å²) in [7, 11) is -5.72. The minimum absolute atomic E-state index is 0.359. The summed E-state index contributed by atoms with van der Waals surface area (Å²) in [5, 5.41) is 2.62. The Morgan fingerprint density at radius 3 is 2.07 bits per heavy atom. The maximum atomic E-state index is 12.5. The molecule has 2 aromatic carbocycles. The minimum Gasteiger partial charge on any atom is -0.324 e. The molecule has 0 spiro atoms. The van der Waals surface area contributed by atoms with Crippen LogP contribution in [0, 0.1) is 0 Å². The molecule has 0 bridgehead atoms. The molecule has 0 heterocycles. The van der Waals surface area contributed by atoms with Gasteiger partial charge >= 0.3 is 0 Å². The molecule has 1 amide bonds. The van der Waals surface area contributed by atoms with Crippen LogP contribution in [0.4, 0.5) is 17.1 Å². The van der Waals surface area contributed by atoms with Crippen LogP contribution in [-0.4, -0.2) is 48.8 Å². The van der Waals surface area contributed by atoms with Crippen LogP contribution >= 0.6 is 0 Å². The Bertz CT molecular complexity index is 1080. The second kappa shape index (κ2) is 8.83. The highest BCUT2D eigenvalue weighted by atomic mass is 32.2. The van der Waals surface area contributed by atoms with Crippen molar-refractivity contribution in [2.45, 2.75) is 13.3 Å². The number of carbonyl (C=O) groups excluding carboxylic acids is 1. The molecule has 0 unspecified atom stereocenters. The second-order valence-electron chi connectivity index (χ2n) is 6.62. The van der Waals surface area contributed by atoms with E-state index < -0.39 is 32.5 Å². The molecule has 0 saturated carbocycles. The van der Waals surface area contributed by atoms with Gasteiger partial charge < -0.3 is 5.32 Å². The van der Waals surface area contributed by atoms with E-state index >= 15 is 0 Å². The van der Waals surface area contributed by atoms with E-state index in [9.17, 15) is 21.6 Å². The van der Waals surface area contributed by atoms with Gasteiger partial charge in [0.25, 0.3) is 0 Å². The van der Waals surface area contributed by atoms with Crippen LogP contribution in [0.1, 0.15) is 12.5 Å². The molecule has 8 nitrogen and oxygen atoms in total. The summed E-state index contributed by atoms with van der Waals surface area (Å²) >= 11 is 0. The van der Waals surface area contributed by atoms with E-state index in [1.54, 1.807) is 30.3 Å². The number of anilines is 3. The van der Waals surface area contributed by atoms with Crippen molar-refractivity contribution < 1.29 is 21.6 Å². The SMILES string of the molecule is CCc1ccc(N(CC(=O)Nc2cccc(N(C)S(C)(=O)=O)c2)S(C)(=O)=O)cc1. The lowest BCUT2D eigenvalue weighted by Crippen LogP contribution is -2.37. The third-order valence-corrected chi connectivity index (χ3v) is 6.66. The van der Waals surface area contributed by atoms with Gasteiger partial charge in [0.15, 0.2) is 0 Å². The second-order valence-corrected chi connectivity index (χ2v) is 10.5. The van der Waals surface area contributed by atoms with E-state index in [1.807, 2.05) is 19.1 Å². The molecule has 0 atom stereocenters. The summed E-state index contributed by atoms with van der Waals surface area (Å²) in [5.74, 6) is -0.547. The van der Waals surface area contributed by atoms with E-state index in [0.717, 1.165) is 33.1 Å². The summed E-state index contributed by atoms with van der Waals surface area (Å²) in [6.45, 7) is 1.59. The van der Waals surface area contributed by atoms with Crippen molar-refractivity contribution in [1.82, 2.24) is 0 Å². The lowest BCUT2D eigenvalue weighted by Gasteiger charge is -2.22. The Labute approximate surface area is 172 Å². The first kappa shape index (κ1) is 22.7. The highest BCUT2D eigenvalue weighted by Gasteiger charge is 2.21. The van der Waals surface area contributed by atoms with Crippen molar-refractivity contribution in [2.75, 3.05) is 40.0 Å². The first-order valence-corrected chi connectivity index (χ1v) is 12.5. The molecular formula is C19H25N3O5S2. The molecule has 0 saturated heterocycles. The molecule has 0 aliphatic rings. The normalized spacial score (nSPS) is 11.7. The zero-order valence-corrected chi connectivity index (χ0v) is 18.4. The summed E-state index contributed by atoms with van der Waals surface area (Å²) in [4.78, 5) is 12.5. The molecule has 0 aliphatic carbocycles. The molecule has 10 heteroatoms. The van der Waals surface area contributed by atoms with Gasteiger partial charge in [-0.05, 0) is 42.3 Å². The van der Waals surface area contributed by atoms with Crippen LogP contribution < -0.4 is 13.9 Å². The van der Waals surface area contributed by atoms with Gasteiger partial charge in [0.1, 0.15) is 6.54 Å². The fraction of sp³-hybridized carbons (Fsp3) is 0.316. The van der Waals surface area contributed by atoms with Crippen molar-refractivity contribution in [1.29, 1.82) is 0 Å². The summed E-state index contributed by atoms with van der Waals surface area (Å²) in [5.41, 5.74) is 2.18. The van der Waals surface area contributed by atoms with E-state index in [2.05, 4.69) is 5.32 Å². The van der Waals surface area contributed by atoms with Crippen LogP contribution in [0.15, 0.2) is 48.5 Å². The van der Waals surface area contributed by atoms with Gasteiger partial charge in [0, 0.05) is 12.7 Å². The number of amides is 1. The summed E-state index contributed by atoms with van der Waals surface area (Å²) in [6, 6.07) is 13.2. The number of carbonyl (C=O) groups is 1. The first-order valence-electron chi connectivity index (χ1n) is 8.82. The van der Waals surface area contributed by atoms with Gasteiger partial charge in [-0.15, -0.1) is 0 Å². The number of hydrogen-bond donors (Lipinski definition) is 1. The van der Waals surface area contributed by atoms with Gasteiger partial charge in [-0.3, -0.25) is 13.4 Å². The number of sulfonamides is 2. The predicted octanol–water partition coefficient (Wildman–Crippen LogP) is 2.05. The maximum Gasteiger partial charge on any atom is 0.245 e. The largest absolute Gasteiger partial charge is 0.324 e. The number of nitrogens with zero attached hydrogens (tertiary/aromatic N) is 2. The minimum atomic E-state index is -3.68. The standard InChI is InChI=1S/C19H25N3O5S2/c1-5-15-9-11-17(12-10-15)22(29(4,26)27)14-19(23)20-16-7-6-8-18(13-16)21(2)28(3,24)25/h6-13H,5,14H2,1-4H3,(H,20,23). The molecule has 0 fully saturated rings. The fourth-order valence-corrected chi connectivity index (χ4v) is 3.95. The molecule has 0 aliphatic heterocycles. The van der Waals surface area contributed by atoms with Crippen LogP contribution in [0.25, 0.3) is 0 Å². The Morgan fingerprint density at radius 1 is 0.931 bits per heavy atom. The van der Waals surface area contributed by atoms with Crippen LogP contribution in [0.3, 0.4) is 0 Å². The Balaban J connectivity index is 2.21. The summed E-state index contributed by atoms with van der Waals surface area (Å²) in [6.07, 6.45) is 2.93. The van der Waals surface area contributed by atoms with E-state index in [-0.39, 0.29) is 0 Å². The third-order valence-electron chi connectivity index (χ3n) is 4.31. The Hall–Kier alpha value is -2.59. The third kappa shape index (κ3) is 6.20. The van der Waals surface area contributed by atoms with Gasteiger partial charge in [-0.1, -0.05) is 25.1 Å². The van der Waals surface area contributed by atoms with Gasteiger partial charge in [0.05, 0.1) is 23.9 Å². The highest BCUT2D eigenvalue weighted by molar-refractivity contribution is 7.92. The van der Waals surface area contributed by atoms with E-state index in [1.165, 1.54) is 13.1 Å². The molecule has 2 rings (SSSR count). The first-order chi connectivity index (χ1) is 13.4. The molecule has 29 heavy (non-hydrogen) atoms. The number of nitrogens with one attached hydrogen (secondary N) is 1. The van der Waals surface area contributed by atoms with Gasteiger partial charge in [0.2, 0.25) is 26.0 Å². The highest BCUT2D eigenvalue weighted by Crippen LogP contribution is 2.22. The van der Waals surface area contributed by atoms with Gasteiger partial charge in [-0.2, -0.15) is 0 Å². The molecule has 0 aromatic heterocycles. The average molecular weight is 440 g/mol. The predicted molar refractivity (Wildman–Crippen MR) is 116 cm³/mol. The van der Waals surface area contributed by atoms with Crippen LogP contribution in [-0.2, 0) is 31.3 Å². The van der Waals surface area contributed by atoms with Gasteiger partial charge in [-0.25, -0.2) is 16.8 Å². The Kier molecular flexibility index (Phi) is 6.91. The number of hydrogen-bond acceptors (Lipinski definition) is 5. The molecule has 2 aromatic rings. The maximum absolute atomic E-state index is 12.5. The van der Waals surface area contributed by atoms with Crippen molar-refractivity contribution in [3.8, 4) is 0 Å². The van der Waals surface area contributed by atoms with Crippen LogP contribution in [0.2, 0.25) is 0 Å². The number of aryl methyl sites for hydroxylation is 1. The molecule has 1 N–H and O–H groups in total. The van der Waals surface area contributed by atoms with Crippen molar-refractivity contribution in [2.24, 2.45) is 0 Å². The quantitative estimate of drug-likeness (QED) is 0.678. The summed E-state index contributed by atoms with van der Waals surface area (Å²) < 4.78 is 49.9. The zero-order valence-electron chi connectivity index (χ0n) is 16.8. The molecular weight excluding hydrogens is 414 g/mol. The van der Waals surface area contributed by atoms with Crippen molar-refractivity contribution in [3.63, 3.8) is 0 Å². The Morgan fingerprint density at radius 2 is 1.55 bits per heavy atom. The zero-order chi connectivity index (χ0) is 21.8. The topological polar surface area (TPSA) is 104 Å². The lowest BCUT2D eigenvalue weighted by atomic mass is 10.1. The lowest BCUT2D eigenvalue weighted by molar-refractivity contribution is -0.114. The fourth-order valence-electron chi connectivity index (χ4n) is 2.60. The number of rotatable bonds is 8. The number of benzene rings is 2. The van der Waals surface area contributed by atoms with E-state index in [0.29, 0.717) is 17.1 Å². The van der Waals surface area contributed by atoms with Crippen LogP contribution in [0.5, 0.6) is 0 Å². The van der Waals surface area contributed by atoms with Crippen molar-refractivity contribution in [3.05, 3.63) is 54.1 Å². The van der Waals surface area contributed by atoms with Crippen molar-refractivity contribution >= 4 is 43.0 Å². The molecule has 158 valence electrons. The smallest absolute Gasteiger partial charge is 0.245 e. The molecule has 0 radical (unpaired) electrons. The average Bonchev–Trinajstić information content (AvgIpc) is 2.64. The van der Waals surface area contributed by atoms with E-state index in [4.69, 9.17) is 0 Å².